The number of rotatable bonds is 7. The summed E-state index contributed by atoms with van der Waals surface area (Å²) in [7, 11) is 0. The van der Waals surface area contributed by atoms with Crippen LogP contribution in [0.15, 0.2) is 18.6 Å². The van der Waals surface area contributed by atoms with Gasteiger partial charge < -0.3 is 5.32 Å². The van der Waals surface area contributed by atoms with Gasteiger partial charge in [-0.2, -0.15) is 10.2 Å². The van der Waals surface area contributed by atoms with E-state index in [9.17, 15) is 4.39 Å². The van der Waals surface area contributed by atoms with Crippen LogP contribution in [0.2, 0.25) is 0 Å². The van der Waals surface area contributed by atoms with Crippen molar-refractivity contribution in [2.45, 2.75) is 40.4 Å². The van der Waals surface area contributed by atoms with Gasteiger partial charge in [0.25, 0.3) is 0 Å². The number of nitrogens with zero attached hydrogens (tertiary/aromatic N) is 4. The highest BCUT2D eigenvalue weighted by molar-refractivity contribution is 5.46. The summed E-state index contributed by atoms with van der Waals surface area (Å²) in [4.78, 5) is 0. The molecular weight excluding hydrogens is 257 g/mol. The van der Waals surface area contributed by atoms with Gasteiger partial charge in [-0.05, 0) is 12.8 Å². The van der Waals surface area contributed by atoms with Crippen molar-refractivity contribution in [1.29, 1.82) is 0 Å². The van der Waals surface area contributed by atoms with Crippen LogP contribution in [-0.2, 0) is 19.6 Å². The summed E-state index contributed by atoms with van der Waals surface area (Å²) in [6.45, 7) is 7.80. The SMILES string of the molecule is Cc1c(NCc2cnn(CC(C)C)c2)cnn1CCF. The first-order valence-corrected chi connectivity index (χ1v) is 6.93. The molecule has 0 aliphatic heterocycles. The Labute approximate surface area is 118 Å². The lowest BCUT2D eigenvalue weighted by Gasteiger charge is -2.05. The minimum Gasteiger partial charge on any atom is -0.378 e. The Bertz CT molecular complexity index is 544. The molecule has 0 aromatic carbocycles. The van der Waals surface area contributed by atoms with E-state index < -0.39 is 6.67 Å². The number of halogens is 1. The zero-order valence-corrected chi connectivity index (χ0v) is 12.3. The molecule has 2 aromatic rings. The first-order chi connectivity index (χ1) is 9.60. The Morgan fingerprint density at radius 1 is 1.30 bits per heavy atom. The molecular formula is C14H22FN5. The molecule has 0 aliphatic rings. The summed E-state index contributed by atoms with van der Waals surface area (Å²) < 4.78 is 16.0. The van der Waals surface area contributed by atoms with E-state index in [0.29, 0.717) is 19.0 Å². The maximum Gasteiger partial charge on any atom is 0.109 e. The summed E-state index contributed by atoms with van der Waals surface area (Å²) in [5, 5.41) is 11.8. The highest BCUT2D eigenvalue weighted by Crippen LogP contribution is 2.15. The van der Waals surface area contributed by atoms with Crippen LogP contribution in [0.4, 0.5) is 10.1 Å². The van der Waals surface area contributed by atoms with Gasteiger partial charge in [0.1, 0.15) is 6.67 Å². The molecule has 0 unspecified atom stereocenters. The summed E-state index contributed by atoms with van der Waals surface area (Å²) >= 11 is 0. The van der Waals surface area contributed by atoms with E-state index in [0.717, 1.165) is 23.5 Å². The summed E-state index contributed by atoms with van der Waals surface area (Å²) in [5.41, 5.74) is 3.02. The Morgan fingerprint density at radius 2 is 2.10 bits per heavy atom. The first-order valence-electron chi connectivity index (χ1n) is 6.93. The van der Waals surface area contributed by atoms with Gasteiger partial charge in [0.2, 0.25) is 0 Å². The predicted molar refractivity (Wildman–Crippen MR) is 77.3 cm³/mol. The molecule has 2 rings (SSSR count). The van der Waals surface area contributed by atoms with Crippen molar-refractivity contribution in [3.05, 3.63) is 29.8 Å². The molecule has 0 radical (unpaired) electrons. The van der Waals surface area contributed by atoms with Crippen molar-refractivity contribution in [3.63, 3.8) is 0 Å². The van der Waals surface area contributed by atoms with Crippen LogP contribution in [0.5, 0.6) is 0 Å². The number of alkyl halides is 1. The summed E-state index contributed by atoms with van der Waals surface area (Å²) in [5.74, 6) is 0.580. The van der Waals surface area contributed by atoms with Crippen LogP contribution in [0.3, 0.4) is 0 Å². The van der Waals surface area contributed by atoms with E-state index >= 15 is 0 Å². The standard InChI is InChI=1S/C14H22FN5/c1-11(2)9-19-10-13(7-17-19)6-16-14-8-18-20(5-4-15)12(14)3/h7-8,10-11,16H,4-6,9H2,1-3H3. The molecule has 0 fully saturated rings. The molecule has 2 heterocycles. The zero-order chi connectivity index (χ0) is 14.5. The van der Waals surface area contributed by atoms with Crippen LogP contribution in [0, 0.1) is 12.8 Å². The molecule has 0 amide bonds. The van der Waals surface area contributed by atoms with Crippen LogP contribution < -0.4 is 5.32 Å². The maximum absolute atomic E-state index is 12.3. The largest absolute Gasteiger partial charge is 0.378 e. The van der Waals surface area contributed by atoms with E-state index in [1.165, 1.54) is 0 Å². The van der Waals surface area contributed by atoms with Crippen LogP contribution >= 0.6 is 0 Å². The molecule has 1 N–H and O–H groups in total. The average Bonchev–Trinajstić information content (AvgIpc) is 2.96. The number of aromatic nitrogens is 4. The molecule has 0 aliphatic carbocycles. The molecule has 20 heavy (non-hydrogen) atoms. The van der Waals surface area contributed by atoms with E-state index in [-0.39, 0.29) is 0 Å². The molecule has 0 spiro atoms. The second-order valence-electron chi connectivity index (χ2n) is 5.37. The third-order valence-corrected chi connectivity index (χ3v) is 3.12. The van der Waals surface area contributed by atoms with Gasteiger partial charge in [-0.25, -0.2) is 4.39 Å². The lowest BCUT2D eigenvalue weighted by atomic mass is 10.2. The van der Waals surface area contributed by atoms with Crippen LogP contribution in [0.1, 0.15) is 25.1 Å². The fraction of sp³-hybridized carbons (Fsp3) is 0.571. The highest BCUT2D eigenvalue weighted by atomic mass is 19.1. The quantitative estimate of drug-likeness (QED) is 0.847. The zero-order valence-electron chi connectivity index (χ0n) is 12.3. The topological polar surface area (TPSA) is 47.7 Å². The monoisotopic (exact) mass is 279 g/mol. The lowest BCUT2D eigenvalue weighted by molar-refractivity contribution is 0.423. The van der Waals surface area contributed by atoms with Crippen molar-refractivity contribution >= 4 is 5.69 Å². The fourth-order valence-corrected chi connectivity index (χ4v) is 2.09. The van der Waals surface area contributed by atoms with Crippen molar-refractivity contribution in [1.82, 2.24) is 19.6 Å². The number of aryl methyl sites for hydroxylation is 1. The molecule has 2 aromatic heterocycles. The van der Waals surface area contributed by atoms with Gasteiger partial charge in [-0.15, -0.1) is 0 Å². The van der Waals surface area contributed by atoms with Gasteiger partial charge in [0.05, 0.1) is 30.3 Å². The van der Waals surface area contributed by atoms with Crippen molar-refractivity contribution in [3.8, 4) is 0 Å². The number of nitrogens with one attached hydrogen (secondary N) is 1. The Balaban J connectivity index is 1.93. The molecule has 0 saturated carbocycles. The smallest absolute Gasteiger partial charge is 0.109 e. The average molecular weight is 279 g/mol. The normalized spacial score (nSPS) is 11.2. The molecule has 0 saturated heterocycles. The molecule has 0 bridgehead atoms. The van der Waals surface area contributed by atoms with Crippen molar-refractivity contribution < 1.29 is 4.39 Å². The molecule has 0 atom stereocenters. The molecule has 6 heteroatoms. The summed E-state index contributed by atoms with van der Waals surface area (Å²) in [6.07, 6.45) is 5.66. The lowest BCUT2D eigenvalue weighted by Crippen LogP contribution is -2.05. The number of anilines is 1. The number of hydrogen-bond acceptors (Lipinski definition) is 3. The minimum absolute atomic E-state index is 0.305. The van der Waals surface area contributed by atoms with E-state index in [1.807, 2.05) is 24.0 Å². The van der Waals surface area contributed by atoms with Crippen molar-refractivity contribution in [2.24, 2.45) is 5.92 Å². The van der Waals surface area contributed by atoms with Gasteiger partial charge in [-0.1, -0.05) is 13.8 Å². The Kier molecular flexibility index (Phi) is 4.76. The number of hydrogen-bond donors (Lipinski definition) is 1. The second kappa shape index (κ2) is 6.54. The molecule has 5 nitrogen and oxygen atoms in total. The van der Waals surface area contributed by atoms with Gasteiger partial charge >= 0.3 is 0 Å². The Hall–Kier alpha value is -1.85. The second-order valence-corrected chi connectivity index (χ2v) is 5.37. The first kappa shape index (κ1) is 14.6. The van der Waals surface area contributed by atoms with E-state index in [2.05, 4.69) is 29.4 Å². The predicted octanol–water partition coefficient (Wildman–Crippen LogP) is 2.63. The van der Waals surface area contributed by atoms with Crippen LogP contribution in [0.25, 0.3) is 0 Å². The maximum atomic E-state index is 12.3. The highest BCUT2D eigenvalue weighted by Gasteiger charge is 2.06. The van der Waals surface area contributed by atoms with E-state index in [4.69, 9.17) is 0 Å². The van der Waals surface area contributed by atoms with Gasteiger partial charge in [0.15, 0.2) is 0 Å². The molecule has 110 valence electrons. The van der Waals surface area contributed by atoms with Gasteiger partial charge in [-0.3, -0.25) is 9.36 Å². The summed E-state index contributed by atoms with van der Waals surface area (Å²) in [6, 6.07) is 0. The third-order valence-electron chi connectivity index (χ3n) is 3.12. The fourth-order valence-electron chi connectivity index (χ4n) is 2.09. The van der Waals surface area contributed by atoms with Crippen molar-refractivity contribution in [2.75, 3.05) is 12.0 Å². The van der Waals surface area contributed by atoms with Crippen LogP contribution in [-0.4, -0.2) is 26.2 Å². The third kappa shape index (κ3) is 3.59. The van der Waals surface area contributed by atoms with E-state index in [1.54, 1.807) is 10.9 Å². The Morgan fingerprint density at radius 3 is 2.80 bits per heavy atom. The minimum atomic E-state index is -0.399. The van der Waals surface area contributed by atoms with Gasteiger partial charge in [0, 0.05) is 24.8 Å².